The molecule has 0 saturated carbocycles. The van der Waals surface area contributed by atoms with Gasteiger partial charge < -0.3 is 4.57 Å². The summed E-state index contributed by atoms with van der Waals surface area (Å²) in [5, 5.41) is 2.52. The second kappa shape index (κ2) is 13.4. The van der Waals surface area contributed by atoms with Crippen LogP contribution in [0.15, 0.2) is 145 Å². The Balaban J connectivity index is 1.56. The lowest BCUT2D eigenvalue weighted by Gasteiger charge is -2.19. The van der Waals surface area contributed by atoms with Gasteiger partial charge in [0.1, 0.15) is 0 Å². The fourth-order valence-corrected chi connectivity index (χ4v) is 11.8. The molecule has 0 spiro atoms. The first-order valence-electron chi connectivity index (χ1n) is 18.6. The molecule has 6 aliphatic carbocycles. The Morgan fingerprint density at radius 3 is 0.982 bits per heavy atom. The van der Waals surface area contributed by atoms with Crippen molar-refractivity contribution in [3.63, 3.8) is 0 Å². The van der Waals surface area contributed by atoms with Crippen molar-refractivity contribution < 1.29 is 0 Å². The molecule has 1 aromatic heterocycles. The smallest absolute Gasteiger partial charge is 0.0633 e. The number of nitrogens with zero attached hydrogens (tertiary/aromatic N) is 1. The zero-order valence-electron chi connectivity index (χ0n) is 31.6. The molecule has 6 aliphatic rings. The van der Waals surface area contributed by atoms with Crippen LogP contribution in [0.25, 0.3) is 83.1 Å². The maximum Gasteiger partial charge on any atom is 0.0633 e. The Kier molecular flexibility index (Phi) is 9.01. The lowest BCUT2D eigenvalue weighted by atomic mass is 9.85. The van der Waals surface area contributed by atoms with Crippen molar-refractivity contribution in [3.05, 3.63) is 156 Å². The van der Waals surface area contributed by atoms with Gasteiger partial charge in [0.15, 0.2) is 0 Å². The Labute approximate surface area is 357 Å². The van der Waals surface area contributed by atoms with Crippen LogP contribution in [-0.2, 0) is 10.8 Å². The van der Waals surface area contributed by atoms with Gasteiger partial charge in [0, 0.05) is 50.9 Å². The Hall–Kier alpha value is -3.74. The molecule has 1 heterocycles. The molecule has 3 aromatic rings. The zero-order chi connectivity index (χ0) is 38.6. The molecule has 0 unspecified atom stereocenters. The molecular weight excluding hydrogens is 934 g/mol. The lowest BCUT2D eigenvalue weighted by Crippen LogP contribution is -2.10. The van der Waals surface area contributed by atoms with Crippen LogP contribution in [0.2, 0.25) is 0 Å². The predicted molar refractivity (Wildman–Crippen MR) is 250 cm³/mol. The highest BCUT2D eigenvalue weighted by atomic mass is 79.9. The van der Waals surface area contributed by atoms with Gasteiger partial charge in [0.2, 0.25) is 0 Å². The fraction of sp³-hybridized carbons (Fsp3) is 0.160. The van der Waals surface area contributed by atoms with Crippen LogP contribution in [-0.4, -0.2) is 4.57 Å². The van der Waals surface area contributed by atoms with E-state index in [2.05, 4.69) is 237 Å². The molecule has 9 rings (SSSR count). The molecule has 5 heteroatoms. The quantitative estimate of drug-likeness (QED) is 0.166. The van der Waals surface area contributed by atoms with E-state index in [1.807, 2.05) is 0 Å². The number of rotatable bonds is 3. The molecule has 0 radical (unpaired) electrons. The first-order valence-corrected chi connectivity index (χ1v) is 21.8. The second-order valence-corrected chi connectivity index (χ2v) is 19.8. The molecule has 0 bridgehead atoms. The number of halogens is 4. The molecule has 0 fully saturated rings. The standard InChI is InChI=1S/C50H39Br4N/c1-49(2,3)28-22-24-38-36(26-28)37-27-29(50(4,5)6)23-25-39(37)55(38)48-40(42-44(51)32-18-12-8-13-19-33(32)45(42)52)30-16-10-7-11-17-31(30)41(48)43-46(53)34-20-14-9-15-21-35(34)47(43)54/h7-27H,1-6H3. The van der Waals surface area contributed by atoms with Crippen molar-refractivity contribution in [2.75, 3.05) is 0 Å². The molecule has 55 heavy (non-hydrogen) atoms. The van der Waals surface area contributed by atoms with Gasteiger partial charge in [-0.05, 0) is 143 Å². The molecule has 0 saturated heterocycles. The highest BCUT2D eigenvalue weighted by Crippen LogP contribution is 2.61. The summed E-state index contributed by atoms with van der Waals surface area (Å²) in [6.45, 7) is 13.8. The van der Waals surface area contributed by atoms with E-state index < -0.39 is 0 Å². The maximum atomic E-state index is 4.19. The summed E-state index contributed by atoms with van der Waals surface area (Å²) in [5.41, 5.74) is 17.8. The monoisotopic (exact) mass is 969 g/mol. The number of hydrogen-bond acceptors (Lipinski definition) is 0. The summed E-state index contributed by atoms with van der Waals surface area (Å²) in [6, 6.07) is 46.8. The third kappa shape index (κ3) is 5.78. The van der Waals surface area contributed by atoms with E-state index in [9.17, 15) is 0 Å². The largest absolute Gasteiger partial charge is 0.308 e. The number of aromatic nitrogens is 1. The summed E-state index contributed by atoms with van der Waals surface area (Å²) in [5.74, 6) is 0. The summed E-state index contributed by atoms with van der Waals surface area (Å²) in [4.78, 5) is 0. The normalized spacial score (nSPS) is 12.5. The third-order valence-electron chi connectivity index (χ3n) is 11.2. The molecule has 0 aliphatic heterocycles. The summed E-state index contributed by atoms with van der Waals surface area (Å²) < 4.78 is 6.84. The topological polar surface area (TPSA) is 4.93 Å². The van der Waals surface area contributed by atoms with E-state index >= 15 is 0 Å². The molecular formula is C50H39Br4N. The van der Waals surface area contributed by atoms with Gasteiger partial charge in [-0.3, -0.25) is 0 Å². The van der Waals surface area contributed by atoms with E-state index in [1.165, 1.54) is 55.2 Å². The van der Waals surface area contributed by atoms with Gasteiger partial charge in [-0.25, -0.2) is 0 Å². The van der Waals surface area contributed by atoms with Crippen LogP contribution >= 0.6 is 63.7 Å². The molecule has 0 atom stereocenters. The highest BCUT2D eigenvalue weighted by Gasteiger charge is 2.36. The van der Waals surface area contributed by atoms with E-state index in [4.69, 9.17) is 0 Å². The SMILES string of the molecule is CC(C)(C)c1ccc2c(c1)c1cc(C(C)(C)C)ccc1n2-c1c(-c2c(Br)c3cccccc-3c2Br)c2cccccc-2c1-c1c(Br)c2cccccc-2c1Br. The van der Waals surface area contributed by atoms with E-state index in [0.29, 0.717) is 0 Å². The van der Waals surface area contributed by atoms with Crippen LogP contribution in [0, 0.1) is 0 Å². The van der Waals surface area contributed by atoms with E-state index in [-0.39, 0.29) is 10.8 Å². The maximum absolute atomic E-state index is 4.19. The van der Waals surface area contributed by atoms with Gasteiger partial charge >= 0.3 is 0 Å². The van der Waals surface area contributed by atoms with Crippen LogP contribution in [0.1, 0.15) is 52.7 Å². The first kappa shape index (κ1) is 36.9. The fourth-order valence-electron chi connectivity index (χ4n) is 8.32. The summed E-state index contributed by atoms with van der Waals surface area (Å²) >= 11 is 16.7. The summed E-state index contributed by atoms with van der Waals surface area (Å²) in [6.07, 6.45) is 0. The van der Waals surface area contributed by atoms with Crippen molar-refractivity contribution in [1.29, 1.82) is 0 Å². The van der Waals surface area contributed by atoms with Crippen LogP contribution in [0.4, 0.5) is 0 Å². The van der Waals surface area contributed by atoms with Crippen molar-refractivity contribution in [2.45, 2.75) is 52.4 Å². The predicted octanol–water partition coefficient (Wildman–Crippen LogP) is 17.1. The molecule has 1 nitrogen and oxygen atoms in total. The molecule has 2 aromatic carbocycles. The van der Waals surface area contributed by atoms with E-state index in [0.717, 1.165) is 57.0 Å². The van der Waals surface area contributed by atoms with Crippen LogP contribution in [0.3, 0.4) is 0 Å². The van der Waals surface area contributed by atoms with Crippen LogP contribution in [0.5, 0.6) is 0 Å². The van der Waals surface area contributed by atoms with E-state index in [1.54, 1.807) is 0 Å². The van der Waals surface area contributed by atoms with Gasteiger partial charge in [0.05, 0.1) is 16.7 Å². The second-order valence-electron chi connectivity index (χ2n) is 16.6. The first-order chi connectivity index (χ1) is 26.3. The van der Waals surface area contributed by atoms with Crippen molar-refractivity contribution in [1.82, 2.24) is 4.57 Å². The molecule has 0 N–H and O–H groups in total. The van der Waals surface area contributed by atoms with Gasteiger partial charge in [-0.15, -0.1) is 0 Å². The number of hydrogen-bond donors (Lipinski definition) is 0. The minimum Gasteiger partial charge on any atom is -0.308 e. The molecule has 272 valence electrons. The van der Waals surface area contributed by atoms with Crippen molar-refractivity contribution in [2.24, 2.45) is 0 Å². The summed E-state index contributed by atoms with van der Waals surface area (Å²) in [7, 11) is 0. The van der Waals surface area contributed by atoms with Crippen LogP contribution < -0.4 is 0 Å². The average molecular weight is 973 g/mol. The Bertz CT molecular complexity index is 2620. The molecule has 0 amide bonds. The Morgan fingerprint density at radius 2 is 0.673 bits per heavy atom. The highest BCUT2D eigenvalue weighted by molar-refractivity contribution is 9.11. The van der Waals surface area contributed by atoms with Gasteiger partial charge in [0.25, 0.3) is 0 Å². The zero-order valence-corrected chi connectivity index (χ0v) is 37.9. The lowest BCUT2D eigenvalue weighted by molar-refractivity contribution is 0.590. The Morgan fingerprint density at radius 1 is 0.364 bits per heavy atom. The average Bonchev–Trinajstić information content (AvgIpc) is 3.48. The number of fused-ring (bicyclic) bond motifs is 6. The van der Waals surface area contributed by atoms with Crippen molar-refractivity contribution in [3.8, 4) is 61.3 Å². The number of benzene rings is 2. The minimum absolute atomic E-state index is 0.00710. The van der Waals surface area contributed by atoms with Crippen molar-refractivity contribution >= 4 is 85.5 Å². The third-order valence-corrected chi connectivity index (χ3v) is 14.5. The minimum atomic E-state index is -0.00710. The van der Waals surface area contributed by atoms with Gasteiger partial charge in [-0.1, -0.05) is 145 Å². The van der Waals surface area contributed by atoms with Gasteiger partial charge in [-0.2, -0.15) is 0 Å².